The van der Waals surface area contributed by atoms with E-state index in [0.29, 0.717) is 51.6 Å². The van der Waals surface area contributed by atoms with Gasteiger partial charge in [0.1, 0.15) is 17.1 Å². The van der Waals surface area contributed by atoms with Crippen LogP contribution in [0.2, 0.25) is 0 Å². The van der Waals surface area contributed by atoms with E-state index in [2.05, 4.69) is 4.99 Å². The Morgan fingerprint density at radius 3 is 2.58 bits per heavy atom. The molecule has 0 radical (unpaired) electrons. The van der Waals surface area contributed by atoms with Gasteiger partial charge in [-0.3, -0.25) is 14.6 Å². The minimum absolute atomic E-state index is 0.0665. The Labute approximate surface area is 181 Å². The number of benzene rings is 1. The third-order valence-electron chi connectivity index (χ3n) is 6.54. The Morgan fingerprint density at radius 1 is 1.19 bits per heavy atom. The van der Waals surface area contributed by atoms with Crippen molar-refractivity contribution in [1.29, 1.82) is 0 Å². The molecular weight excluding hydrogens is 394 g/mol. The molecule has 2 aliphatic rings. The van der Waals surface area contributed by atoms with Crippen LogP contribution in [0, 0.1) is 18.8 Å². The molecule has 2 aromatic rings. The molecule has 6 heteroatoms. The molecular formula is C25H27NO5. The second-order valence-corrected chi connectivity index (χ2v) is 8.61. The molecule has 1 saturated carbocycles. The summed E-state index contributed by atoms with van der Waals surface area (Å²) in [5.41, 5.74) is 2.43. The van der Waals surface area contributed by atoms with Crippen molar-refractivity contribution >= 4 is 28.4 Å². The lowest BCUT2D eigenvalue weighted by atomic mass is 9.70. The lowest BCUT2D eigenvalue weighted by Crippen LogP contribution is -2.36. The smallest absolute Gasteiger partial charge is 0.336 e. The molecule has 1 aliphatic heterocycles. The monoisotopic (exact) mass is 421 g/mol. The lowest BCUT2D eigenvalue weighted by molar-refractivity contribution is -0.136. The Balaban J connectivity index is 1.94. The van der Waals surface area contributed by atoms with Crippen molar-refractivity contribution in [3.63, 3.8) is 0 Å². The predicted octanol–water partition coefficient (Wildman–Crippen LogP) is 4.48. The Kier molecular flexibility index (Phi) is 5.65. The molecule has 0 N–H and O–H groups in total. The maximum atomic E-state index is 13.5. The fourth-order valence-electron chi connectivity index (χ4n) is 4.83. The van der Waals surface area contributed by atoms with E-state index in [9.17, 15) is 14.4 Å². The first-order valence-electron chi connectivity index (χ1n) is 10.7. The minimum Gasteiger partial charge on any atom is -0.466 e. The molecule has 6 nitrogen and oxygen atoms in total. The second-order valence-electron chi connectivity index (χ2n) is 8.61. The zero-order valence-corrected chi connectivity index (χ0v) is 18.4. The number of carbonyl (C=O) groups is 2. The number of rotatable bonds is 5. The predicted molar refractivity (Wildman–Crippen MR) is 118 cm³/mol. The number of hydrogen-bond donors (Lipinski definition) is 0. The van der Waals surface area contributed by atoms with Gasteiger partial charge in [-0.15, -0.1) is 0 Å². The van der Waals surface area contributed by atoms with Crippen molar-refractivity contribution in [1.82, 2.24) is 0 Å². The van der Waals surface area contributed by atoms with Crippen LogP contribution in [0.25, 0.3) is 11.0 Å². The van der Waals surface area contributed by atoms with Crippen LogP contribution in [-0.4, -0.2) is 24.6 Å². The number of ketones is 1. The molecule has 1 aromatic heterocycles. The molecule has 2 heterocycles. The number of methoxy groups -OCH3 is 1. The van der Waals surface area contributed by atoms with Crippen molar-refractivity contribution in [2.24, 2.45) is 16.8 Å². The van der Waals surface area contributed by atoms with E-state index >= 15 is 0 Å². The SMILES string of the molecule is COC(=O)C1=C(C)N=C(C)C(C(=O)CC2CCC2)C1c1cccc2c(=O)cc(C)oc12. The van der Waals surface area contributed by atoms with Crippen molar-refractivity contribution < 1.29 is 18.7 Å². The number of para-hydroxylation sites is 1. The number of ether oxygens (including phenoxy) is 1. The molecule has 0 amide bonds. The van der Waals surface area contributed by atoms with Gasteiger partial charge in [0.15, 0.2) is 5.43 Å². The summed E-state index contributed by atoms with van der Waals surface area (Å²) in [5, 5.41) is 0.426. The Bertz CT molecular complexity index is 1180. The number of carbonyl (C=O) groups excluding carboxylic acids is 2. The molecule has 0 spiro atoms. The van der Waals surface area contributed by atoms with Gasteiger partial charge >= 0.3 is 5.97 Å². The molecule has 1 fully saturated rings. The molecule has 162 valence electrons. The number of aliphatic imine (C=N–C) groups is 1. The molecule has 31 heavy (non-hydrogen) atoms. The molecule has 2 unspecified atom stereocenters. The molecule has 0 bridgehead atoms. The number of allylic oxidation sites excluding steroid dienone is 1. The van der Waals surface area contributed by atoms with Crippen LogP contribution in [0.3, 0.4) is 0 Å². The summed E-state index contributed by atoms with van der Waals surface area (Å²) >= 11 is 0. The van der Waals surface area contributed by atoms with Crippen LogP contribution in [0.15, 0.2) is 49.7 Å². The molecule has 4 rings (SSSR count). The van der Waals surface area contributed by atoms with Gasteiger partial charge in [0.25, 0.3) is 0 Å². The van der Waals surface area contributed by atoms with E-state index in [1.165, 1.54) is 13.2 Å². The van der Waals surface area contributed by atoms with Crippen molar-refractivity contribution in [3.8, 4) is 0 Å². The molecule has 2 atom stereocenters. The highest BCUT2D eigenvalue weighted by molar-refractivity contribution is 6.09. The normalized spacial score (nSPS) is 21.6. The third-order valence-corrected chi connectivity index (χ3v) is 6.54. The standard InChI is InChI=1S/C25H27NO5/c1-13-11-19(27)17-9-6-10-18(24(17)31-13)23-21(20(28)12-16-7-5-8-16)14(2)26-15(3)22(23)25(29)30-4/h6,9-11,16,21,23H,5,7-8,12H2,1-4H3. The Hall–Kier alpha value is -3.02. The van der Waals surface area contributed by atoms with E-state index in [1.54, 1.807) is 26.0 Å². The summed E-state index contributed by atoms with van der Waals surface area (Å²) in [7, 11) is 1.32. The summed E-state index contributed by atoms with van der Waals surface area (Å²) in [6.45, 7) is 5.30. The van der Waals surface area contributed by atoms with Gasteiger partial charge in [-0.05, 0) is 32.8 Å². The van der Waals surface area contributed by atoms with Gasteiger partial charge in [0.2, 0.25) is 0 Å². The molecule has 0 saturated heterocycles. The quantitative estimate of drug-likeness (QED) is 0.665. The van der Waals surface area contributed by atoms with Crippen LogP contribution in [0.1, 0.15) is 56.8 Å². The largest absolute Gasteiger partial charge is 0.466 e. The van der Waals surface area contributed by atoms with Gasteiger partial charge in [-0.2, -0.15) is 0 Å². The third kappa shape index (κ3) is 3.75. The van der Waals surface area contributed by atoms with Crippen LogP contribution in [-0.2, 0) is 14.3 Å². The zero-order chi connectivity index (χ0) is 22.3. The highest BCUT2D eigenvalue weighted by atomic mass is 16.5. The minimum atomic E-state index is -0.619. The van der Waals surface area contributed by atoms with Crippen LogP contribution >= 0.6 is 0 Å². The first-order chi connectivity index (χ1) is 14.8. The number of esters is 1. The van der Waals surface area contributed by atoms with Crippen LogP contribution in [0.5, 0.6) is 0 Å². The van der Waals surface area contributed by atoms with Gasteiger partial charge < -0.3 is 9.15 Å². The van der Waals surface area contributed by atoms with Gasteiger partial charge in [0.05, 0.1) is 24.0 Å². The van der Waals surface area contributed by atoms with E-state index < -0.39 is 17.8 Å². The highest BCUT2D eigenvalue weighted by Gasteiger charge is 2.43. The van der Waals surface area contributed by atoms with Gasteiger partial charge in [0, 0.05) is 35.4 Å². The highest BCUT2D eigenvalue weighted by Crippen LogP contribution is 2.43. The fourth-order valence-corrected chi connectivity index (χ4v) is 4.83. The molecule has 1 aliphatic carbocycles. The second kappa shape index (κ2) is 8.25. The van der Waals surface area contributed by atoms with Gasteiger partial charge in [-0.25, -0.2) is 4.79 Å². The van der Waals surface area contributed by atoms with Crippen LogP contribution in [0.4, 0.5) is 0 Å². The van der Waals surface area contributed by atoms with Crippen molar-refractivity contribution in [2.45, 2.75) is 52.4 Å². The summed E-state index contributed by atoms with van der Waals surface area (Å²) in [5.74, 6) is -0.809. The topological polar surface area (TPSA) is 85.9 Å². The summed E-state index contributed by atoms with van der Waals surface area (Å²) in [6.07, 6.45) is 3.73. The summed E-state index contributed by atoms with van der Waals surface area (Å²) in [4.78, 5) is 43.5. The van der Waals surface area contributed by atoms with Crippen molar-refractivity contribution in [2.75, 3.05) is 7.11 Å². The van der Waals surface area contributed by atoms with E-state index in [1.807, 2.05) is 13.0 Å². The van der Waals surface area contributed by atoms with Gasteiger partial charge in [-0.1, -0.05) is 31.4 Å². The zero-order valence-electron chi connectivity index (χ0n) is 18.4. The first kappa shape index (κ1) is 21.2. The summed E-state index contributed by atoms with van der Waals surface area (Å²) in [6, 6.07) is 6.74. The molecule has 1 aromatic carbocycles. The van der Waals surface area contributed by atoms with Crippen molar-refractivity contribution in [3.05, 3.63) is 57.1 Å². The number of aryl methyl sites for hydroxylation is 1. The maximum Gasteiger partial charge on any atom is 0.336 e. The fraction of sp³-hybridized carbons (Fsp3) is 0.440. The summed E-state index contributed by atoms with van der Waals surface area (Å²) < 4.78 is 11.1. The number of Topliss-reactive ketones (excluding diaryl/α,β-unsaturated/α-hetero) is 1. The maximum absolute atomic E-state index is 13.5. The lowest BCUT2D eigenvalue weighted by Gasteiger charge is -2.34. The number of fused-ring (bicyclic) bond motifs is 1. The van der Waals surface area contributed by atoms with E-state index in [-0.39, 0.29) is 11.2 Å². The number of hydrogen-bond acceptors (Lipinski definition) is 6. The average molecular weight is 421 g/mol. The first-order valence-corrected chi connectivity index (χ1v) is 10.7. The average Bonchev–Trinajstić information content (AvgIpc) is 2.69. The van der Waals surface area contributed by atoms with Crippen LogP contribution < -0.4 is 5.43 Å². The Morgan fingerprint density at radius 2 is 1.94 bits per heavy atom. The number of nitrogens with zero attached hydrogens (tertiary/aromatic N) is 1. The van der Waals surface area contributed by atoms with E-state index in [0.717, 1.165) is 19.3 Å². The van der Waals surface area contributed by atoms with E-state index in [4.69, 9.17) is 9.15 Å².